The summed E-state index contributed by atoms with van der Waals surface area (Å²) < 4.78 is 0. The summed E-state index contributed by atoms with van der Waals surface area (Å²) >= 11 is 0. The molecule has 0 saturated heterocycles. The van der Waals surface area contributed by atoms with Gasteiger partial charge < -0.3 is 0 Å². The van der Waals surface area contributed by atoms with Gasteiger partial charge >= 0.3 is 0 Å². The molecule has 1 atom stereocenters. The summed E-state index contributed by atoms with van der Waals surface area (Å²) in [6, 6.07) is 0. The monoisotopic (exact) mass is 204 g/mol. The number of hydrogen-bond donors (Lipinski definition) is 0. The third-order valence-corrected chi connectivity index (χ3v) is 4.47. The van der Waals surface area contributed by atoms with Crippen molar-refractivity contribution in [2.45, 2.75) is 59.8 Å². The predicted octanol–water partition coefficient (Wildman–Crippen LogP) is 4.87. The Balaban J connectivity index is 2.24. The largest absolute Gasteiger partial charge is 0.0847 e. The van der Waals surface area contributed by atoms with E-state index in [1.54, 1.807) is 11.1 Å². The average molecular weight is 204 g/mol. The molecule has 0 heterocycles. The highest BCUT2D eigenvalue weighted by Crippen LogP contribution is 2.52. The summed E-state index contributed by atoms with van der Waals surface area (Å²) in [6.45, 7) is 9.58. The van der Waals surface area contributed by atoms with Gasteiger partial charge in [-0.25, -0.2) is 0 Å². The second-order valence-electron chi connectivity index (χ2n) is 6.36. The first-order valence-electron chi connectivity index (χ1n) is 6.31. The molecule has 0 radical (unpaired) electrons. The molecule has 0 aromatic rings. The summed E-state index contributed by atoms with van der Waals surface area (Å²) in [5.74, 6) is 0. The Morgan fingerprint density at radius 1 is 1.07 bits per heavy atom. The quantitative estimate of drug-likeness (QED) is 0.535. The second kappa shape index (κ2) is 3.50. The van der Waals surface area contributed by atoms with Crippen LogP contribution in [0.1, 0.15) is 59.8 Å². The Morgan fingerprint density at radius 3 is 2.27 bits per heavy atom. The molecule has 15 heavy (non-hydrogen) atoms. The summed E-state index contributed by atoms with van der Waals surface area (Å²) in [4.78, 5) is 0. The van der Waals surface area contributed by atoms with Crippen LogP contribution in [0.25, 0.3) is 0 Å². The van der Waals surface area contributed by atoms with Gasteiger partial charge in [0.05, 0.1) is 0 Å². The van der Waals surface area contributed by atoms with Crippen molar-refractivity contribution in [1.29, 1.82) is 0 Å². The van der Waals surface area contributed by atoms with Crippen LogP contribution < -0.4 is 0 Å². The molecule has 84 valence electrons. The SMILES string of the molecule is CC1=CC[C@@](C)(C2=CCCC2(C)C)CC1. The summed E-state index contributed by atoms with van der Waals surface area (Å²) in [5.41, 5.74) is 4.23. The molecular formula is C15H24. The van der Waals surface area contributed by atoms with Crippen molar-refractivity contribution in [3.05, 3.63) is 23.3 Å². The molecule has 0 heteroatoms. The van der Waals surface area contributed by atoms with E-state index in [9.17, 15) is 0 Å². The first-order valence-corrected chi connectivity index (χ1v) is 6.31. The maximum absolute atomic E-state index is 2.52. The Morgan fingerprint density at radius 2 is 1.80 bits per heavy atom. The number of hydrogen-bond acceptors (Lipinski definition) is 0. The van der Waals surface area contributed by atoms with Crippen molar-refractivity contribution in [3.8, 4) is 0 Å². The Labute approximate surface area is 94.5 Å². The van der Waals surface area contributed by atoms with Crippen LogP contribution in [0.3, 0.4) is 0 Å². The standard InChI is InChI=1S/C15H24/c1-12-7-10-15(4,11-8-12)13-6-5-9-14(13,2)3/h6-7H,5,8-11H2,1-4H3/t15-/m1/s1. The minimum absolute atomic E-state index is 0.452. The highest BCUT2D eigenvalue weighted by Gasteiger charge is 2.40. The van der Waals surface area contributed by atoms with Crippen molar-refractivity contribution in [2.75, 3.05) is 0 Å². The minimum Gasteiger partial charge on any atom is -0.0847 e. The van der Waals surface area contributed by atoms with Crippen LogP contribution in [0.2, 0.25) is 0 Å². The third-order valence-electron chi connectivity index (χ3n) is 4.47. The van der Waals surface area contributed by atoms with E-state index in [1.807, 2.05) is 0 Å². The summed E-state index contributed by atoms with van der Waals surface area (Å²) in [5, 5.41) is 0. The fraction of sp³-hybridized carbons (Fsp3) is 0.733. The van der Waals surface area contributed by atoms with Gasteiger partial charge in [-0.05, 0) is 49.9 Å². The van der Waals surface area contributed by atoms with Crippen molar-refractivity contribution >= 4 is 0 Å². The number of allylic oxidation sites excluding steroid dienone is 4. The van der Waals surface area contributed by atoms with E-state index >= 15 is 0 Å². The van der Waals surface area contributed by atoms with E-state index in [0.717, 1.165) is 0 Å². The smallest absolute Gasteiger partial charge is 0.00735 e. The minimum atomic E-state index is 0.452. The molecule has 0 bridgehead atoms. The van der Waals surface area contributed by atoms with Crippen molar-refractivity contribution in [1.82, 2.24) is 0 Å². The maximum Gasteiger partial charge on any atom is -0.00735 e. The van der Waals surface area contributed by atoms with Crippen LogP contribution in [-0.4, -0.2) is 0 Å². The summed E-state index contributed by atoms with van der Waals surface area (Å²) in [6.07, 6.45) is 11.5. The van der Waals surface area contributed by atoms with Crippen LogP contribution in [0.15, 0.2) is 23.3 Å². The van der Waals surface area contributed by atoms with E-state index in [2.05, 4.69) is 39.8 Å². The molecule has 0 amide bonds. The van der Waals surface area contributed by atoms with Crippen molar-refractivity contribution < 1.29 is 0 Å². The number of rotatable bonds is 1. The van der Waals surface area contributed by atoms with Crippen molar-refractivity contribution in [3.63, 3.8) is 0 Å². The fourth-order valence-corrected chi connectivity index (χ4v) is 3.37. The molecule has 0 nitrogen and oxygen atoms in total. The molecule has 0 saturated carbocycles. The Bertz CT molecular complexity index is 317. The topological polar surface area (TPSA) is 0 Å². The second-order valence-corrected chi connectivity index (χ2v) is 6.36. The molecule has 2 aliphatic carbocycles. The van der Waals surface area contributed by atoms with Crippen LogP contribution in [-0.2, 0) is 0 Å². The van der Waals surface area contributed by atoms with Gasteiger partial charge in [-0.2, -0.15) is 0 Å². The van der Waals surface area contributed by atoms with E-state index in [4.69, 9.17) is 0 Å². The average Bonchev–Trinajstić information content (AvgIpc) is 2.52. The van der Waals surface area contributed by atoms with E-state index in [0.29, 0.717) is 10.8 Å². The lowest BCUT2D eigenvalue weighted by molar-refractivity contribution is 0.274. The van der Waals surface area contributed by atoms with Gasteiger partial charge in [0.15, 0.2) is 0 Å². The van der Waals surface area contributed by atoms with E-state index < -0.39 is 0 Å². The zero-order valence-electron chi connectivity index (χ0n) is 10.7. The highest BCUT2D eigenvalue weighted by atomic mass is 14.4. The van der Waals surface area contributed by atoms with Gasteiger partial charge in [0.25, 0.3) is 0 Å². The predicted molar refractivity (Wildman–Crippen MR) is 66.8 cm³/mol. The molecule has 0 aliphatic heterocycles. The molecule has 2 aliphatic rings. The molecule has 0 aromatic carbocycles. The van der Waals surface area contributed by atoms with Crippen LogP contribution in [0, 0.1) is 10.8 Å². The van der Waals surface area contributed by atoms with E-state index in [1.165, 1.54) is 32.1 Å². The molecule has 0 aromatic heterocycles. The third kappa shape index (κ3) is 1.91. The van der Waals surface area contributed by atoms with Gasteiger partial charge in [0.2, 0.25) is 0 Å². The normalized spacial score (nSPS) is 34.9. The lowest BCUT2D eigenvalue weighted by Crippen LogP contribution is -2.28. The van der Waals surface area contributed by atoms with Gasteiger partial charge in [-0.15, -0.1) is 0 Å². The molecule has 2 rings (SSSR count). The highest BCUT2D eigenvalue weighted by molar-refractivity contribution is 5.28. The lowest BCUT2D eigenvalue weighted by Gasteiger charge is -2.40. The Hall–Kier alpha value is -0.520. The first kappa shape index (κ1) is 11.0. The van der Waals surface area contributed by atoms with Gasteiger partial charge in [0.1, 0.15) is 0 Å². The summed E-state index contributed by atoms with van der Waals surface area (Å²) in [7, 11) is 0. The fourth-order valence-electron chi connectivity index (χ4n) is 3.37. The molecule has 0 N–H and O–H groups in total. The lowest BCUT2D eigenvalue weighted by atomic mass is 9.64. The molecule has 0 fully saturated rings. The van der Waals surface area contributed by atoms with Gasteiger partial charge in [-0.1, -0.05) is 44.1 Å². The zero-order chi connectivity index (χ0) is 11.1. The van der Waals surface area contributed by atoms with Crippen LogP contribution >= 0.6 is 0 Å². The maximum atomic E-state index is 2.52. The van der Waals surface area contributed by atoms with Gasteiger partial charge in [-0.3, -0.25) is 0 Å². The van der Waals surface area contributed by atoms with Crippen molar-refractivity contribution in [2.24, 2.45) is 10.8 Å². The first-order chi connectivity index (χ1) is 6.94. The zero-order valence-corrected chi connectivity index (χ0v) is 10.7. The van der Waals surface area contributed by atoms with E-state index in [-0.39, 0.29) is 0 Å². The Kier molecular flexibility index (Phi) is 2.56. The molecular weight excluding hydrogens is 180 g/mol. The molecule has 0 spiro atoms. The van der Waals surface area contributed by atoms with Crippen LogP contribution in [0.5, 0.6) is 0 Å². The molecule has 0 unspecified atom stereocenters. The van der Waals surface area contributed by atoms with Crippen LogP contribution in [0.4, 0.5) is 0 Å². The van der Waals surface area contributed by atoms with Gasteiger partial charge in [0, 0.05) is 0 Å².